The van der Waals surface area contributed by atoms with E-state index >= 15 is 0 Å². The molecule has 0 saturated carbocycles. The molecule has 1 amide bonds. The van der Waals surface area contributed by atoms with E-state index in [1.165, 1.54) is 11.1 Å². The molecule has 0 heterocycles. The second kappa shape index (κ2) is 10.6. The highest BCUT2D eigenvalue weighted by Gasteiger charge is 2.02. The van der Waals surface area contributed by atoms with E-state index in [-0.39, 0.29) is 5.91 Å². The van der Waals surface area contributed by atoms with Gasteiger partial charge in [0.05, 0.1) is 18.6 Å². The van der Waals surface area contributed by atoms with Crippen molar-refractivity contribution < 1.29 is 9.53 Å². The molecule has 0 unspecified atom stereocenters. The van der Waals surface area contributed by atoms with Crippen molar-refractivity contribution >= 4 is 23.9 Å². The van der Waals surface area contributed by atoms with Gasteiger partial charge in [0.2, 0.25) is 5.91 Å². The number of ether oxygens (including phenoxy) is 1. The van der Waals surface area contributed by atoms with E-state index in [1.807, 2.05) is 36.4 Å². The number of hydrogen-bond donors (Lipinski definition) is 1. The molecular weight excluding hydrogens is 332 g/mol. The van der Waals surface area contributed by atoms with Gasteiger partial charge in [0.1, 0.15) is 5.75 Å². The van der Waals surface area contributed by atoms with Crippen molar-refractivity contribution in [1.82, 2.24) is 5.43 Å². The molecule has 1 N–H and O–H groups in total. The van der Waals surface area contributed by atoms with Crippen LogP contribution in [0.3, 0.4) is 0 Å². The molecule has 0 fully saturated rings. The maximum absolute atomic E-state index is 11.8. The summed E-state index contributed by atoms with van der Waals surface area (Å²) in [6.07, 6.45) is 2.62. The normalized spacial score (nSPS) is 10.8. The summed E-state index contributed by atoms with van der Waals surface area (Å²) < 4.78 is 5.52. The Morgan fingerprint density at radius 2 is 1.96 bits per heavy atom. The zero-order valence-corrected chi connectivity index (χ0v) is 15.5. The number of thioether (sulfide) groups is 1. The molecule has 25 heavy (non-hydrogen) atoms. The average Bonchev–Trinajstić information content (AvgIpc) is 2.63. The van der Waals surface area contributed by atoms with Crippen LogP contribution in [0.25, 0.3) is 0 Å². The van der Waals surface area contributed by atoms with E-state index in [2.05, 4.69) is 36.5 Å². The van der Waals surface area contributed by atoms with Gasteiger partial charge in [0, 0.05) is 5.75 Å². The largest absolute Gasteiger partial charge is 0.494 e. The molecule has 0 aliphatic carbocycles. The molecule has 5 heteroatoms. The average molecular weight is 356 g/mol. The van der Waals surface area contributed by atoms with Crippen molar-refractivity contribution in [3.63, 3.8) is 0 Å². The molecule has 132 valence electrons. The number of hydrazone groups is 1. The number of carbonyl (C=O) groups excluding carboxylic acids is 1. The monoisotopic (exact) mass is 356 g/mol. The molecule has 2 rings (SSSR count). The Hall–Kier alpha value is -2.27. The molecule has 0 aliphatic heterocycles. The maximum atomic E-state index is 11.8. The van der Waals surface area contributed by atoms with Crippen LogP contribution in [-0.4, -0.2) is 24.5 Å². The molecule has 0 aliphatic rings. The quantitative estimate of drug-likeness (QED) is 0.542. The molecule has 0 spiro atoms. The molecular formula is C20H24N2O2S. The molecule has 0 aromatic heterocycles. The number of amides is 1. The van der Waals surface area contributed by atoms with Crippen LogP contribution < -0.4 is 10.2 Å². The van der Waals surface area contributed by atoms with Gasteiger partial charge >= 0.3 is 0 Å². The molecule has 4 nitrogen and oxygen atoms in total. The van der Waals surface area contributed by atoms with E-state index in [0.717, 1.165) is 23.5 Å². The van der Waals surface area contributed by atoms with Crippen LogP contribution in [0.4, 0.5) is 0 Å². The fourth-order valence-electron chi connectivity index (χ4n) is 2.11. The first-order valence-electron chi connectivity index (χ1n) is 8.36. The molecule has 0 saturated heterocycles. The summed E-state index contributed by atoms with van der Waals surface area (Å²) >= 11 is 1.58. The summed E-state index contributed by atoms with van der Waals surface area (Å²) in [4.78, 5) is 11.8. The first-order valence-corrected chi connectivity index (χ1v) is 9.51. The van der Waals surface area contributed by atoms with Gasteiger partial charge < -0.3 is 4.74 Å². The summed E-state index contributed by atoms with van der Waals surface area (Å²) in [5.41, 5.74) is 5.98. The van der Waals surface area contributed by atoms with E-state index in [9.17, 15) is 4.79 Å². The number of nitrogens with one attached hydrogen (secondary N) is 1. The smallest absolute Gasteiger partial charge is 0.250 e. The van der Waals surface area contributed by atoms with E-state index in [1.54, 1.807) is 18.0 Å². The van der Waals surface area contributed by atoms with Gasteiger partial charge in [-0.2, -0.15) is 5.10 Å². The number of nitrogens with zero attached hydrogens (tertiary/aromatic N) is 1. The lowest BCUT2D eigenvalue weighted by Crippen LogP contribution is -2.19. The number of rotatable bonds is 9. The van der Waals surface area contributed by atoms with Crippen molar-refractivity contribution in [2.24, 2.45) is 5.10 Å². The van der Waals surface area contributed by atoms with Crippen molar-refractivity contribution in [2.45, 2.75) is 26.0 Å². The highest BCUT2D eigenvalue weighted by atomic mass is 32.2. The number of aryl methyl sites for hydroxylation is 1. The van der Waals surface area contributed by atoms with Gasteiger partial charge in [-0.15, -0.1) is 11.8 Å². The standard InChI is InChI=1S/C20H24N2O2S/c1-3-12-24-19-10-8-17(9-11-19)13-21-22-20(23)15-25-14-18-7-5-4-6-16(18)2/h4-11,13H,3,12,14-15H2,1-2H3,(H,22,23)/b21-13-. The summed E-state index contributed by atoms with van der Waals surface area (Å²) in [7, 11) is 0. The fraction of sp³-hybridized carbons (Fsp3) is 0.300. The third-order valence-corrected chi connectivity index (χ3v) is 4.49. The van der Waals surface area contributed by atoms with Crippen LogP contribution in [0.2, 0.25) is 0 Å². The van der Waals surface area contributed by atoms with Crippen molar-refractivity contribution in [3.8, 4) is 5.75 Å². The SMILES string of the molecule is CCCOc1ccc(/C=N\NC(=O)CSCc2ccccc2C)cc1. The third kappa shape index (κ3) is 7.01. The van der Waals surface area contributed by atoms with Crippen LogP contribution in [-0.2, 0) is 10.5 Å². The topological polar surface area (TPSA) is 50.7 Å². The number of benzene rings is 2. The number of hydrogen-bond acceptors (Lipinski definition) is 4. The van der Waals surface area contributed by atoms with Gasteiger partial charge in [-0.3, -0.25) is 4.79 Å². The molecule has 0 bridgehead atoms. The lowest BCUT2D eigenvalue weighted by molar-refractivity contribution is -0.118. The van der Waals surface area contributed by atoms with Crippen LogP contribution >= 0.6 is 11.8 Å². The van der Waals surface area contributed by atoms with Crippen LogP contribution in [0.1, 0.15) is 30.0 Å². The van der Waals surface area contributed by atoms with E-state index < -0.39 is 0 Å². The molecule has 2 aromatic carbocycles. The Morgan fingerprint density at radius 1 is 1.20 bits per heavy atom. The lowest BCUT2D eigenvalue weighted by atomic mass is 10.1. The maximum Gasteiger partial charge on any atom is 0.250 e. The first-order chi connectivity index (χ1) is 12.2. The third-order valence-electron chi connectivity index (χ3n) is 3.51. The van der Waals surface area contributed by atoms with Gasteiger partial charge in [0.15, 0.2) is 0 Å². The fourth-order valence-corrected chi connectivity index (χ4v) is 3.00. The lowest BCUT2D eigenvalue weighted by Gasteiger charge is -2.05. The van der Waals surface area contributed by atoms with Crippen molar-refractivity contribution in [2.75, 3.05) is 12.4 Å². The van der Waals surface area contributed by atoms with E-state index in [4.69, 9.17) is 4.74 Å². The van der Waals surface area contributed by atoms with Crippen molar-refractivity contribution in [1.29, 1.82) is 0 Å². The van der Waals surface area contributed by atoms with Gasteiger partial charge in [-0.05, 0) is 54.3 Å². The van der Waals surface area contributed by atoms with Crippen LogP contribution in [0.15, 0.2) is 53.6 Å². The number of carbonyl (C=O) groups is 1. The zero-order valence-electron chi connectivity index (χ0n) is 14.7. The summed E-state index contributed by atoms with van der Waals surface area (Å²) in [6, 6.07) is 15.8. The van der Waals surface area contributed by atoms with Gasteiger partial charge in [0.25, 0.3) is 0 Å². The summed E-state index contributed by atoms with van der Waals surface area (Å²) in [5, 5.41) is 4.00. The Bertz CT molecular complexity index is 699. The predicted octanol–water partition coefficient (Wildman–Crippen LogP) is 4.17. The second-order valence-corrected chi connectivity index (χ2v) is 6.62. The highest BCUT2D eigenvalue weighted by molar-refractivity contribution is 7.99. The Labute approximate surface area is 153 Å². The first kappa shape index (κ1) is 19.1. The minimum atomic E-state index is -0.0993. The minimum absolute atomic E-state index is 0.0993. The van der Waals surface area contributed by atoms with Gasteiger partial charge in [-0.1, -0.05) is 31.2 Å². The summed E-state index contributed by atoms with van der Waals surface area (Å²) in [5.74, 6) is 1.95. The Kier molecular flexibility index (Phi) is 8.05. The van der Waals surface area contributed by atoms with Crippen LogP contribution in [0.5, 0.6) is 5.75 Å². The Morgan fingerprint density at radius 3 is 2.68 bits per heavy atom. The zero-order chi connectivity index (χ0) is 17.9. The Balaban J connectivity index is 1.70. The molecule has 0 radical (unpaired) electrons. The summed E-state index contributed by atoms with van der Waals surface area (Å²) in [6.45, 7) is 4.87. The predicted molar refractivity (Wildman–Crippen MR) is 105 cm³/mol. The minimum Gasteiger partial charge on any atom is -0.494 e. The van der Waals surface area contributed by atoms with Gasteiger partial charge in [-0.25, -0.2) is 5.43 Å². The van der Waals surface area contributed by atoms with E-state index in [0.29, 0.717) is 12.4 Å². The second-order valence-electron chi connectivity index (χ2n) is 5.63. The van der Waals surface area contributed by atoms with Crippen LogP contribution in [0, 0.1) is 6.92 Å². The molecule has 0 atom stereocenters. The molecule has 2 aromatic rings. The highest BCUT2D eigenvalue weighted by Crippen LogP contribution is 2.15. The van der Waals surface area contributed by atoms with Crippen molar-refractivity contribution in [3.05, 3.63) is 65.2 Å².